The Bertz CT molecular complexity index is 406. The molecular weight excluding hydrogens is 246 g/mol. The zero-order valence-corrected chi connectivity index (χ0v) is 12.0. The number of piperidine rings is 1. The number of benzene rings is 1. The first-order chi connectivity index (χ1) is 8.61. The average Bonchev–Trinajstić information content (AvgIpc) is 2.39. The Labute approximate surface area is 115 Å². The predicted octanol–water partition coefficient (Wildman–Crippen LogP) is 2.33. The maximum Gasteiger partial charge on any atom is 0.0427 e. The van der Waals surface area contributed by atoms with Gasteiger partial charge in [0.2, 0.25) is 0 Å². The molecule has 100 valence electrons. The molecule has 1 aliphatic rings. The second kappa shape index (κ2) is 5.91. The van der Waals surface area contributed by atoms with Crippen LogP contribution in [0.3, 0.4) is 0 Å². The van der Waals surface area contributed by atoms with Gasteiger partial charge in [-0.1, -0.05) is 17.7 Å². The molecule has 2 rings (SSSR count). The minimum absolute atomic E-state index is 0.565. The standard InChI is InChI=1S/C14H22ClN3/c1-17(2)13-4-3-7-18(10-13)14-8-12(15)6-5-11(14)9-16/h5-6,8,13H,3-4,7,9-10,16H2,1-2H3. The van der Waals surface area contributed by atoms with Crippen LogP contribution < -0.4 is 10.6 Å². The lowest BCUT2D eigenvalue weighted by atomic mass is 10.0. The fourth-order valence-corrected chi connectivity index (χ4v) is 2.77. The highest BCUT2D eigenvalue weighted by molar-refractivity contribution is 6.30. The first kappa shape index (κ1) is 13.7. The van der Waals surface area contributed by atoms with Crippen molar-refractivity contribution in [3.05, 3.63) is 28.8 Å². The van der Waals surface area contributed by atoms with Gasteiger partial charge in [0.05, 0.1) is 0 Å². The van der Waals surface area contributed by atoms with Crippen LogP contribution in [0.15, 0.2) is 18.2 Å². The maximum absolute atomic E-state index is 6.11. The van der Waals surface area contributed by atoms with Crippen molar-refractivity contribution >= 4 is 17.3 Å². The molecule has 1 heterocycles. The van der Waals surface area contributed by atoms with Gasteiger partial charge in [-0.15, -0.1) is 0 Å². The highest BCUT2D eigenvalue weighted by atomic mass is 35.5. The fraction of sp³-hybridized carbons (Fsp3) is 0.571. The molecule has 3 nitrogen and oxygen atoms in total. The van der Waals surface area contributed by atoms with Crippen molar-refractivity contribution in [2.45, 2.75) is 25.4 Å². The Hall–Kier alpha value is -0.770. The maximum atomic E-state index is 6.11. The SMILES string of the molecule is CN(C)C1CCCN(c2cc(Cl)ccc2CN)C1. The van der Waals surface area contributed by atoms with Crippen LogP contribution in [0.25, 0.3) is 0 Å². The number of nitrogens with zero attached hydrogens (tertiary/aromatic N) is 2. The normalized spacial score (nSPS) is 20.5. The molecule has 1 saturated heterocycles. The molecule has 4 heteroatoms. The summed E-state index contributed by atoms with van der Waals surface area (Å²) in [6.07, 6.45) is 2.49. The molecule has 1 atom stereocenters. The fourth-order valence-electron chi connectivity index (χ4n) is 2.60. The number of anilines is 1. The summed E-state index contributed by atoms with van der Waals surface area (Å²) < 4.78 is 0. The summed E-state index contributed by atoms with van der Waals surface area (Å²) in [6, 6.07) is 6.61. The molecule has 1 fully saturated rings. The Kier molecular flexibility index (Phi) is 4.49. The molecule has 0 radical (unpaired) electrons. The van der Waals surface area contributed by atoms with E-state index in [-0.39, 0.29) is 0 Å². The summed E-state index contributed by atoms with van der Waals surface area (Å²) >= 11 is 6.11. The van der Waals surface area contributed by atoms with Crippen molar-refractivity contribution in [3.8, 4) is 0 Å². The first-order valence-electron chi connectivity index (χ1n) is 6.51. The van der Waals surface area contributed by atoms with Crippen molar-refractivity contribution in [2.24, 2.45) is 5.73 Å². The summed E-state index contributed by atoms with van der Waals surface area (Å²) in [4.78, 5) is 4.72. The van der Waals surface area contributed by atoms with E-state index in [1.54, 1.807) is 0 Å². The lowest BCUT2D eigenvalue weighted by Gasteiger charge is -2.38. The highest BCUT2D eigenvalue weighted by Crippen LogP contribution is 2.28. The van der Waals surface area contributed by atoms with E-state index < -0.39 is 0 Å². The lowest BCUT2D eigenvalue weighted by Crippen LogP contribution is -2.45. The van der Waals surface area contributed by atoms with Crippen LogP contribution in [-0.4, -0.2) is 38.1 Å². The van der Waals surface area contributed by atoms with E-state index in [0.717, 1.165) is 18.1 Å². The third kappa shape index (κ3) is 2.97. The van der Waals surface area contributed by atoms with Gasteiger partial charge in [-0.25, -0.2) is 0 Å². The molecule has 0 aromatic heterocycles. The van der Waals surface area contributed by atoms with Crippen molar-refractivity contribution in [3.63, 3.8) is 0 Å². The van der Waals surface area contributed by atoms with Gasteiger partial charge in [0.1, 0.15) is 0 Å². The molecule has 1 aromatic rings. The van der Waals surface area contributed by atoms with Gasteiger partial charge in [-0.05, 0) is 44.6 Å². The van der Waals surface area contributed by atoms with E-state index in [0.29, 0.717) is 12.6 Å². The van der Waals surface area contributed by atoms with Crippen molar-refractivity contribution in [1.82, 2.24) is 4.90 Å². The molecule has 0 saturated carbocycles. The second-order valence-corrected chi connectivity index (χ2v) is 5.62. The molecule has 0 spiro atoms. The van der Waals surface area contributed by atoms with Crippen LogP contribution in [0.2, 0.25) is 5.02 Å². The van der Waals surface area contributed by atoms with Crippen LogP contribution in [-0.2, 0) is 6.54 Å². The van der Waals surface area contributed by atoms with Gasteiger partial charge >= 0.3 is 0 Å². The molecule has 1 unspecified atom stereocenters. The Balaban J connectivity index is 2.22. The van der Waals surface area contributed by atoms with E-state index in [9.17, 15) is 0 Å². The quantitative estimate of drug-likeness (QED) is 0.912. The van der Waals surface area contributed by atoms with Gasteiger partial charge in [0.15, 0.2) is 0 Å². The molecule has 2 N–H and O–H groups in total. The lowest BCUT2D eigenvalue weighted by molar-refractivity contribution is 0.258. The number of likely N-dealkylation sites (N-methyl/N-ethyl adjacent to an activating group) is 1. The van der Waals surface area contributed by atoms with Crippen LogP contribution in [0, 0.1) is 0 Å². The summed E-state index contributed by atoms with van der Waals surface area (Å²) in [5.41, 5.74) is 8.21. The third-order valence-electron chi connectivity index (χ3n) is 3.73. The van der Waals surface area contributed by atoms with Gasteiger partial charge in [0, 0.05) is 36.4 Å². The largest absolute Gasteiger partial charge is 0.370 e. The van der Waals surface area contributed by atoms with E-state index in [1.807, 2.05) is 18.2 Å². The first-order valence-corrected chi connectivity index (χ1v) is 6.89. The Morgan fingerprint density at radius 2 is 2.22 bits per heavy atom. The van der Waals surface area contributed by atoms with Crippen LogP contribution in [0.4, 0.5) is 5.69 Å². The van der Waals surface area contributed by atoms with Crippen molar-refractivity contribution in [2.75, 3.05) is 32.1 Å². The minimum atomic E-state index is 0.565. The summed E-state index contributed by atoms with van der Waals surface area (Å²) in [6.45, 7) is 2.72. The van der Waals surface area contributed by atoms with Crippen molar-refractivity contribution in [1.29, 1.82) is 0 Å². The van der Waals surface area contributed by atoms with Crippen LogP contribution in [0.5, 0.6) is 0 Å². The number of halogens is 1. The van der Waals surface area contributed by atoms with Gasteiger partial charge in [-0.3, -0.25) is 0 Å². The molecule has 1 aromatic carbocycles. The third-order valence-corrected chi connectivity index (χ3v) is 3.97. The average molecular weight is 268 g/mol. The minimum Gasteiger partial charge on any atom is -0.370 e. The van der Waals surface area contributed by atoms with E-state index in [4.69, 9.17) is 17.3 Å². The number of nitrogens with two attached hydrogens (primary N) is 1. The smallest absolute Gasteiger partial charge is 0.0427 e. The zero-order valence-electron chi connectivity index (χ0n) is 11.2. The van der Waals surface area contributed by atoms with Crippen LogP contribution >= 0.6 is 11.6 Å². The second-order valence-electron chi connectivity index (χ2n) is 5.18. The molecule has 0 amide bonds. The van der Waals surface area contributed by atoms with E-state index >= 15 is 0 Å². The van der Waals surface area contributed by atoms with Gasteiger partial charge in [-0.2, -0.15) is 0 Å². The number of rotatable bonds is 3. The molecule has 0 aliphatic carbocycles. The van der Waals surface area contributed by atoms with Crippen LogP contribution in [0.1, 0.15) is 18.4 Å². The molecule has 0 bridgehead atoms. The zero-order chi connectivity index (χ0) is 13.1. The topological polar surface area (TPSA) is 32.5 Å². The Morgan fingerprint density at radius 1 is 1.44 bits per heavy atom. The van der Waals surface area contributed by atoms with E-state index in [2.05, 4.69) is 23.9 Å². The number of hydrogen-bond donors (Lipinski definition) is 1. The Morgan fingerprint density at radius 3 is 2.89 bits per heavy atom. The number of hydrogen-bond acceptors (Lipinski definition) is 3. The molecular formula is C14H22ClN3. The summed E-state index contributed by atoms with van der Waals surface area (Å²) in [5, 5.41) is 0.786. The molecule has 18 heavy (non-hydrogen) atoms. The van der Waals surface area contributed by atoms with E-state index in [1.165, 1.54) is 24.1 Å². The predicted molar refractivity (Wildman–Crippen MR) is 78.3 cm³/mol. The summed E-state index contributed by atoms with van der Waals surface area (Å²) in [7, 11) is 4.30. The molecule has 1 aliphatic heterocycles. The monoisotopic (exact) mass is 267 g/mol. The van der Waals surface area contributed by atoms with Crippen molar-refractivity contribution < 1.29 is 0 Å². The summed E-state index contributed by atoms with van der Waals surface area (Å²) in [5.74, 6) is 0. The van der Waals surface area contributed by atoms with Gasteiger partial charge < -0.3 is 15.5 Å². The highest BCUT2D eigenvalue weighted by Gasteiger charge is 2.22. The van der Waals surface area contributed by atoms with Gasteiger partial charge in [0.25, 0.3) is 0 Å².